The molecule has 6 nitrogen and oxygen atoms in total. The first-order valence-corrected chi connectivity index (χ1v) is 7.82. The lowest BCUT2D eigenvalue weighted by Gasteiger charge is -2.15. The molecule has 0 bridgehead atoms. The Morgan fingerprint density at radius 3 is 2.08 bits per heavy atom. The summed E-state index contributed by atoms with van der Waals surface area (Å²) in [6.45, 7) is 0. The second-order valence-corrected chi connectivity index (χ2v) is 5.73. The minimum Gasteiger partial charge on any atom is -0.281 e. The first-order valence-electron chi connectivity index (χ1n) is 7.41. The summed E-state index contributed by atoms with van der Waals surface area (Å²) in [7, 11) is 0. The highest BCUT2D eigenvalue weighted by Crippen LogP contribution is 2.29. The number of fused-ring (bicyclic) bond motifs is 1. The van der Waals surface area contributed by atoms with Crippen LogP contribution in [-0.2, 0) is 0 Å². The maximum atomic E-state index is 12.0. The van der Waals surface area contributed by atoms with E-state index in [4.69, 9.17) is 12.2 Å². The number of rotatable bonds is 3. The maximum absolute atomic E-state index is 12.0. The van der Waals surface area contributed by atoms with Crippen molar-refractivity contribution in [1.29, 1.82) is 0 Å². The largest absolute Gasteiger partial charge is 0.349 e. The SMILES string of the molecule is O=c1[nH]c(=S)nc2nc(C(c3ccccc3)c3ccccc3)[nH]n12. The molecule has 0 fully saturated rings. The van der Waals surface area contributed by atoms with Crippen molar-refractivity contribution >= 4 is 18.0 Å². The first kappa shape index (κ1) is 14.5. The zero-order valence-corrected chi connectivity index (χ0v) is 13.3. The van der Waals surface area contributed by atoms with Crippen LogP contribution in [0.5, 0.6) is 0 Å². The molecule has 0 radical (unpaired) electrons. The fourth-order valence-corrected chi connectivity index (χ4v) is 2.93. The van der Waals surface area contributed by atoms with Crippen LogP contribution in [0.4, 0.5) is 0 Å². The van der Waals surface area contributed by atoms with Gasteiger partial charge in [-0.25, -0.2) is 4.79 Å². The van der Waals surface area contributed by atoms with Crippen LogP contribution in [-0.4, -0.2) is 24.6 Å². The number of aromatic nitrogens is 5. The average molecular weight is 335 g/mol. The smallest absolute Gasteiger partial charge is 0.281 e. The zero-order valence-electron chi connectivity index (χ0n) is 12.5. The molecule has 2 aromatic heterocycles. The molecule has 4 aromatic rings. The summed E-state index contributed by atoms with van der Waals surface area (Å²) in [5.74, 6) is 0.753. The average Bonchev–Trinajstić information content (AvgIpc) is 3.01. The second-order valence-electron chi connectivity index (χ2n) is 5.35. The quantitative estimate of drug-likeness (QED) is 0.564. The number of hydrogen-bond donors (Lipinski definition) is 2. The second kappa shape index (κ2) is 5.86. The van der Waals surface area contributed by atoms with Gasteiger partial charge in [0.15, 0.2) is 0 Å². The van der Waals surface area contributed by atoms with E-state index in [0.29, 0.717) is 5.82 Å². The summed E-state index contributed by atoms with van der Waals surface area (Å²) < 4.78 is 1.39. The predicted molar refractivity (Wildman–Crippen MR) is 92.6 cm³/mol. The Morgan fingerprint density at radius 1 is 0.917 bits per heavy atom. The van der Waals surface area contributed by atoms with Gasteiger partial charge in [-0.1, -0.05) is 60.7 Å². The maximum Gasteiger partial charge on any atom is 0.349 e. The molecule has 2 heterocycles. The predicted octanol–water partition coefficient (Wildman–Crippen LogP) is 2.66. The van der Waals surface area contributed by atoms with Gasteiger partial charge in [0, 0.05) is 0 Å². The molecule has 0 aliphatic heterocycles. The third-order valence-corrected chi connectivity index (χ3v) is 4.00. The topological polar surface area (TPSA) is 78.8 Å². The Morgan fingerprint density at radius 2 is 1.50 bits per heavy atom. The van der Waals surface area contributed by atoms with Crippen molar-refractivity contribution in [2.24, 2.45) is 0 Å². The molecule has 0 aliphatic carbocycles. The van der Waals surface area contributed by atoms with Crippen molar-refractivity contribution in [1.82, 2.24) is 24.6 Å². The van der Waals surface area contributed by atoms with E-state index in [1.165, 1.54) is 4.52 Å². The number of aromatic amines is 2. The third-order valence-electron chi connectivity index (χ3n) is 3.80. The first-order chi connectivity index (χ1) is 11.7. The molecule has 0 spiro atoms. The third kappa shape index (κ3) is 2.55. The van der Waals surface area contributed by atoms with Crippen LogP contribution in [0.25, 0.3) is 5.78 Å². The van der Waals surface area contributed by atoms with E-state index in [2.05, 4.69) is 20.1 Å². The fourth-order valence-electron chi connectivity index (χ4n) is 2.76. The van der Waals surface area contributed by atoms with Crippen LogP contribution in [0.3, 0.4) is 0 Å². The normalized spacial score (nSPS) is 11.2. The highest BCUT2D eigenvalue weighted by molar-refractivity contribution is 7.71. The van der Waals surface area contributed by atoms with Crippen molar-refractivity contribution in [2.75, 3.05) is 0 Å². The number of nitrogens with zero attached hydrogens (tertiary/aromatic N) is 3. The van der Waals surface area contributed by atoms with E-state index in [-0.39, 0.29) is 22.2 Å². The summed E-state index contributed by atoms with van der Waals surface area (Å²) in [4.78, 5) is 23.1. The lowest BCUT2D eigenvalue weighted by Crippen LogP contribution is -2.18. The van der Waals surface area contributed by atoms with Crippen molar-refractivity contribution in [3.05, 3.63) is 92.9 Å². The molecule has 24 heavy (non-hydrogen) atoms. The van der Waals surface area contributed by atoms with Crippen molar-refractivity contribution in [2.45, 2.75) is 5.92 Å². The molecule has 2 aromatic carbocycles. The van der Waals surface area contributed by atoms with Crippen molar-refractivity contribution in [3.63, 3.8) is 0 Å². The highest BCUT2D eigenvalue weighted by Gasteiger charge is 2.21. The van der Waals surface area contributed by atoms with E-state index in [0.717, 1.165) is 11.1 Å². The van der Waals surface area contributed by atoms with Crippen LogP contribution in [0.15, 0.2) is 65.5 Å². The molecule has 118 valence electrons. The molecule has 4 rings (SSSR count). The van der Waals surface area contributed by atoms with E-state index >= 15 is 0 Å². The summed E-state index contributed by atoms with van der Waals surface area (Å²) >= 11 is 4.95. The van der Waals surface area contributed by atoms with Gasteiger partial charge in [0.25, 0.3) is 5.78 Å². The lowest BCUT2D eigenvalue weighted by atomic mass is 9.91. The van der Waals surface area contributed by atoms with E-state index < -0.39 is 0 Å². The molecule has 0 atom stereocenters. The minimum atomic E-state index is -0.386. The van der Waals surface area contributed by atoms with Gasteiger partial charge in [0.1, 0.15) is 5.82 Å². The fraction of sp³-hybridized carbons (Fsp3) is 0.0588. The van der Waals surface area contributed by atoms with Gasteiger partial charge in [-0.2, -0.15) is 14.5 Å². The molecule has 7 heteroatoms. The van der Waals surface area contributed by atoms with Crippen LogP contribution in [0.2, 0.25) is 0 Å². The molecule has 0 saturated heterocycles. The molecule has 0 aliphatic rings. The van der Waals surface area contributed by atoms with Gasteiger partial charge in [-0.3, -0.25) is 10.1 Å². The number of hydrogen-bond acceptors (Lipinski definition) is 4. The van der Waals surface area contributed by atoms with Gasteiger partial charge < -0.3 is 0 Å². The van der Waals surface area contributed by atoms with E-state index in [9.17, 15) is 4.79 Å². The molecule has 2 N–H and O–H groups in total. The monoisotopic (exact) mass is 335 g/mol. The molecular formula is C17H13N5OS. The van der Waals surface area contributed by atoms with E-state index in [1.54, 1.807) is 0 Å². The number of nitrogens with one attached hydrogen (secondary N) is 2. The van der Waals surface area contributed by atoms with Crippen molar-refractivity contribution < 1.29 is 0 Å². The standard InChI is InChI=1S/C17H13N5OS/c23-17-20-16(24)19-15-18-14(21-22(15)17)13(11-7-3-1-4-8-11)12-9-5-2-6-10-12/h1-10,13H,(H2,18,19,20,21,23,24). The van der Waals surface area contributed by atoms with Crippen LogP contribution < -0.4 is 5.69 Å². The van der Waals surface area contributed by atoms with Crippen LogP contribution in [0, 0.1) is 4.77 Å². The Balaban J connectivity index is 1.96. The molecular weight excluding hydrogens is 322 g/mol. The van der Waals surface area contributed by atoms with Gasteiger partial charge in [0.05, 0.1) is 5.92 Å². The van der Waals surface area contributed by atoms with Gasteiger partial charge in [0.2, 0.25) is 4.77 Å². The molecule has 0 amide bonds. The van der Waals surface area contributed by atoms with Crippen molar-refractivity contribution in [3.8, 4) is 0 Å². The Bertz CT molecular complexity index is 1060. The highest BCUT2D eigenvalue weighted by atomic mass is 32.1. The number of H-pyrrole nitrogens is 2. The van der Waals surface area contributed by atoms with Crippen LogP contribution >= 0.6 is 12.2 Å². The van der Waals surface area contributed by atoms with Gasteiger partial charge >= 0.3 is 5.69 Å². The summed E-state index contributed by atoms with van der Waals surface area (Å²) in [5.41, 5.74) is 1.75. The zero-order chi connectivity index (χ0) is 16.5. The van der Waals surface area contributed by atoms with Crippen LogP contribution in [0.1, 0.15) is 22.9 Å². The van der Waals surface area contributed by atoms with Gasteiger partial charge in [-0.15, -0.1) is 0 Å². The summed E-state index contributed by atoms with van der Waals surface area (Å²) in [5, 5.41) is 3.04. The Labute approximate surface area is 141 Å². The molecule has 0 unspecified atom stereocenters. The lowest BCUT2D eigenvalue weighted by molar-refractivity contribution is 0.788. The minimum absolute atomic E-state index is 0.119. The summed E-state index contributed by atoms with van der Waals surface area (Å²) in [6.07, 6.45) is 0. The summed E-state index contributed by atoms with van der Waals surface area (Å²) in [6, 6.07) is 20.0. The Hall–Kier alpha value is -3.06. The number of benzene rings is 2. The molecule has 0 saturated carbocycles. The van der Waals surface area contributed by atoms with Gasteiger partial charge in [-0.05, 0) is 23.3 Å². The Kier molecular flexibility index (Phi) is 3.55. The van der Waals surface area contributed by atoms with E-state index in [1.807, 2.05) is 60.7 Å².